The van der Waals surface area contributed by atoms with Crippen molar-refractivity contribution < 1.29 is 14.7 Å². The quantitative estimate of drug-likeness (QED) is 0.196. The molecule has 0 aliphatic rings. The van der Waals surface area contributed by atoms with Gasteiger partial charge in [-0.1, -0.05) is 60.7 Å². The molecule has 0 fully saturated rings. The Bertz CT molecular complexity index is 1440. The Kier molecular flexibility index (Phi) is 8.83. The molecule has 11 heteroatoms. The Morgan fingerprint density at radius 1 is 0.974 bits per heavy atom. The topological polar surface area (TPSA) is 149 Å². The molecule has 2 aromatic carbocycles. The molecule has 0 bridgehead atoms. The molecule has 0 radical (unpaired) electrons. The number of carbonyl (C=O) groups is 2. The highest BCUT2D eigenvalue weighted by molar-refractivity contribution is 7.13. The van der Waals surface area contributed by atoms with E-state index in [2.05, 4.69) is 30.9 Å². The van der Waals surface area contributed by atoms with Gasteiger partial charge < -0.3 is 20.7 Å². The molecule has 38 heavy (non-hydrogen) atoms. The van der Waals surface area contributed by atoms with Crippen LogP contribution in [0.1, 0.15) is 28.1 Å². The summed E-state index contributed by atoms with van der Waals surface area (Å²) in [6, 6.07) is 18.6. The summed E-state index contributed by atoms with van der Waals surface area (Å²) >= 11 is 1.28. The number of nitrogens with one attached hydrogen (secondary N) is 4. The molecule has 196 valence electrons. The van der Waals surface area contributed by atoms with Crippen molar-refractivity contribution in [3.05, 3.63) is 105 Å². The molecule has 4 rings (SSSR count). The van der Waals surface area contributed by atoms with Crippen LogP contribution in [0.5, 0.6) is 0 Å². The summed E-state index contributed by atoms with van der Waals surface area (Å²) in [5, 5.41) is 20.6. The molecule has 5 N–H and O–H groups in total. The third kappa shape index (κ3) is 7.50. The molecule has 1 unspecified atom stereocenters. The Morgan fingerprint density at radius 3 is 2.34 bits per heavy atom. The van der Waals surface area contributed by atoms with E-state index in [-0.39, 0.29) is 19.0 Å². The second-order valence-corrected chi connectivity index (χ2v) is 9.57. The summed E-state index contributed by atoms with van der Waals surface area (Å²) in [5.74, 6) is -1.28. The Labute approximate surface area is 223 Å². The van der Waals surface area contributed by atoms with Crippen LogP contribution in [0.25, 0.3) is 0 Å². The van der Waals surface area contributed by atoms with Crippen LogP contribution in [0.4, 0.5) is 15.7 Å². The van der Waals surface area contributed by atoms with Gasteiger partial charge in [0.05, 0.1) is 18.2 Å². The zero-order valence-corrected chi connectivity index (χ0v) is 21.5. The maximum atomic E-state index is 12.3. The van der Waals surface area contributed by atoms with Crippen LogP contribution in [0.3, 0.4) is 0 Å². The highest BCUT2D eigenvalue weighted by atomic mass is 32.1. The number of hydrogen-bond donors (Lipinski definition) is 5. The van der Waals surface area contributed by atoms with Gasteiger partial charge in [0.1, 0.15) is 5.82 Å². The molecule has 2 aromatic heterocycles. The number of hydrogen-bond acceptors (Lipinski definition) is 7. The predicted octanol–water partition coefficient (Wildman–Crippen LogP) is 3.95. The van der Waals surface area contributed by atoms with E-state index < -0.39 is 17.6 Å². The van der Waals surface area contributed by atoms with E-state index in [0.717, 1.165) is 11.1 Å². The highest BCUT2D eigenvalue weighted by Crippen LogP contribution is 2.21. The number of H-pyrrole nitrogens is 1. The van der Waals surface area contributed by atoms with Gasteiger partial charge >= 0.3 is 17.7 Å². The minimum atomic E-state index is -0.935. The fraction of sp³-hybridized carbons (Fsp3) is 0.222. The number of carboxylic acids is 1. The molecule has 0 aliphatic carbocycles. The van der Waals surface area contributed by atoms with Crippen LogP contribution in [0.2, 0.25) is 0 Å². The zero-order valence-electron chi connectivity index (χ0n) is 20.7. The first-order valence-corrected chi connectivity index (χ1v) is 12.9. The number of benzene rings is 2. The second kappa shape index (κ2) is 12.6. The van der Waals surface area contributed by atoms with E-state index in [1.54, 1.807) is 12.3 Å². The van der Waals surface area contributed by atoms with Crippen molar-refractivity contribution in [2.45, 2.75) is 32.9 Å². The van der Waals surface area contributed by atoms with E-state index in [4.69, 9.17) is 0 Å². The van der Waals surface area contributed by atoms with Crippen molar-refractivity contribution in [1.29, 1.82) is 0 Å². The van der Waals surface area contributed by atoms with E-state index >= 15 is 0 Å². The van der Waals surface area contributed by atoms with Crippen LogP contribution >= 0.6 is 11.3 Å². The van der Waals surface area contributed by atoms with Crippen molar-refractivity contribution in [3.8, 4) is 0 Å². The third-order valence-electron chi connectivity index (χ3n) is 5.91. The minimum Gasteiger partial charge on any atom is -0.481 e. The Hall–Kier alpha value is -4.51. The number of aromatic amines is 1. The van der Waals surface area contributed by atoms with Gasteiger partial charge in [-0.3, -0.25) is 10.1 Å². The van der Waals surface area contributed by atoms with Crippen LogP contribution in [0, 0.1) is 12.8 Å². The molecule has 10 nitrogen and oxygen atoms in total. The summed E-state index contributed by atoms with van der Waals surface area (Å²) in [4.78, 5) is 47.5. The normalized spacial score (nSPS) is 11.5. The lowest BCUT2D eigenvalue weighted by molar-refractivity contribution is -0.141. The number of aromatic nitrogens is 3. The van der Waals surface area contributed by atoms with Gasteiger partial charge in [-0.25, -0.2) is 14.6 Å². The van der Waals surface area contributed by atoms with Crippen molar-refractivity contribution in [2.75, 3.05) is 10.6 Å². The minimum absolute atomic E-state index is 0.158. The Morgan fingerprint density at radius 2 is 1.66 bits per heavy atom. The van der Waals surface area contributed by atoms with Crippen molar-refractivity contribution >= 4 is 34.3 Å². The van der Waals surface area contributed by atoms with Crippen molar-refractivity contribution in [1.82, 2.24) is 20.3 Å². The van der Waals surface area contributed by atoms with Gasteiger partial charge in [0, 0.05) is 29.6 Å². The van der Waals surface area contributed by atoms with Crippen LogP contribution < -0.4 is 21.6 Å². The number of nitrogens with zero attached hydrogens (tertiary/aromatic N) is 2. The second-order valence-electron chi connectivity index (χ2n) is 8.71. The smallest absolute Gasteiger partial charge is 0.347 e. The molecular formula is C27H28N6O4S. The number of anilines is 2. The van der Waals surface area contributed by atoms with E-state index in [0.29, 0.717) is 40.9 Å². The fourth-order valence-electron chi connectivity index (χ4n) is 3.89. The van der Waals surface area contributed by atoms with Crippen LogP contribution in [-0.2, 0) is 30.7 Å². The summed E-state index contributed by atoms with van der Waals surface area (Å²) < 4.78 is 0. The van der Waals surface area contributed by atoms with E-state index in [1.165, 1.54) is 11.3 Å². The van der Waals surface area contributed by atoms with E-state index in [9.17, 15) is 19.5 Å². The number of rotatable bonds is 11. The highest BCUT2D eigenvalue weighted by Gasteiger charge is 2.21. The van der Waals surface area contributed by atoms with Crippen molar-refractivity contribution in [3.63, 3.8) is 0 Å². The number of carbonyl (C=O) groups excluding carboxylic acids is 1. The molecule has 2 heterocycles. The van der Waals surface area contributed by atoms with Gasteiger partial charge in [-0.15, -0.1) is 11.3 Å². The average Bonchev–Trinajstić information content (AvgIpc) is 3.36. The number of carboxylic acid groups (broad SMARTS) is 1. The molecule has 2 amide bonds. The van der Waals surface area contributed by atoms with Gasteiger partial charge in [0.15, 0.2) is 5.13 Å². The SMILES string of the molecule is Cc1c(NCc2csc(NC(=O)NCc3ccccc3)n2)nc(=O)[nH]c1CC(Cc1ccccc1)C(=O)O. The van der Waals surface area contributed by atoms with Gasteiger partial charge in [0.25, 0.3) is 0 Å². The average molecular weight is 533 g/mol. The standard InChI is InChI=1S/C27H28N6O4S/c1-17-22(13-20(24(34)35)12-18-8-4-2-5-9-18)31-26(37)32-23(17)28-15-21-16-38-27(30-21)33-25(36)29-14-19-10-6-3-7-11-19/h2-11,16,20H,12-15H2,1H3,(H,34,35)(H2,28,31,32,37)(H2,29,30,33,36). The fourth-order valence-corrected chi connectivity index (χ4v) is 4.59. The number of urea groups is 1. The molecular weight excluding hydrogens is 504 g/mol. The van der Waals surface area contributed by atoms with Crippen LogP contribution in [-0.4, -0.2) is 32.1 Å². The molecule has 4 aromatic rings. The molecule has 0 saturated heterocycles. The Balaban J connectivity index is 1.36. The third-order valence-corrected chi connectivity index (χ3v) is 6.72. The lowest BCUT2D eigenvalue weighted by atomic mass is 9.93. The van der Waals surface area contributed by atoms with Crippen molar-refractivity contribution in [2.24, 2.45) is 5.92 Å². The summed E-state index contributed by atoms with van der Waals surface area (Å²) in [6.45, 7) is 2.45. The number of aliphatic carboxylic acids is 1. The maximum Gasteiger partial charge on any atom is 0.347 e. The first kappa shape index (κ1) is 26.6. The van der Waals surface area contributed by atoms with Crippen LogP contribution in [0.15, 0.2) is 70.8 Å². The monoisotopic (exact) mass is 532 g/mol. The first-order valence-electron chi connectivity index (χ1n) is 12.0. The summed E-state index contributed by atoms with van der Waals surface area (Å²) in [5.41, 5.74) is 3.18. The van der Waals surface area contributed by atoms with Gasteiger partial charge in [0.2, 0.25) is 0 Å². The van der Waals surface area contributed by atoms with Gasteiger partial charge in [-0.2, -0.15) is 4.98 Å². The van der Waals surface area contributed by atoms with E-state index in [1.807, 2.05) is 60.7 Å². The summed E-state index contributed by atoms with van der Waals surface area (Å²) in [7, 11) is 0. The molecule has 0 spiro atoms. The zero-order chi connectivity index (χ0) is 26.9. The number of thiazole rings is 1. The lowest BCUT2D eigenvalue weighted by Crippen LogP contribution is -2.28. The molecule has 0 aliphatic heterocycles. The first-order chi connectivity index (χ1) is 18.4. The largest absolute Gasteiger partial charge is 0.481 e. The summed E-state index contributed by atoms with van der Waals surface area (Å²) in [6.07, 6.45) is 0.502. The predicted molar refractivity (Wildman–Crippen MR) is 146 cm³/mol. The number of amides is 2. The lowest BCUT2D eigenvalue weighted by Gasteiger charge is -2.16. The molecule has 1 atom stereocenters. The van der Waals surface area contributed by atoms with Gasteiger partial charge in [-0.05, 0) is 24.5 Å². The maximum absolute atomic E-state index is 12.3. The molecule has 0 saturated carbocycles.